The van der Waals surface area contributed by atoms with Crippen molar-refractivity contribution in [2.24, 2.45) is 40.4 Å². The van der Waals surface area contributed by atoms with E-state index < -0.39 is 0 Å². The van der Waals surface area contributed by atoms with Crippen molar-refractivity contribution in [2.45, 2.75) is 91.3 Å². The molecule has 4 aliphatic carbocycles. The molecule has 3 saturated carbocycles. The van der Waals surface area contributed by atoms with E-state index in [9.17, 15) is 10.2 Å². The fraction of sp³-hybridized carbons (Fsp3) is 0.840. The van der Waals surface area contributed by atoms with Gasteiger partial charge in [-0.1, -0.05) is 32.4 Å². The molecule has 2 nitrogen and oxygen atoms in total. The Balaban J connectivity index is 1.63. The zero-order valence-corrected chi connectivity index (χ0v) is 17.7. The molecule has 0 aliphatic heterocycles. The Morgan fingerprint density at radius 2 is 1.89 bits per heavy atom. The van der Waals surface area contributed by atoms with Gasteiger partial charge in [-0.05, 0) is 92.3 Å². The summed E-state index contributed by atoms with van der Waals surface area (Å²) < 4.78 is 0. The van der Waals surface area contributed by atoms with Gasteiger partial charge in [0.2, 0.25) is 0 Å². The van der Waals surface area contributed by atoms with Crippen LogP contribution in [0.2, 0.25) is 0 Å². The minimum absolute atomic E-state index is 0.196. The molecule has 2 N–H and O–H groups in total. The summed E-state index contributed by atoms with van der Waals surface area (Å²) in [5.41, 5.74) is 1.90. The van der Waals surface area contributed by atoms with E-state index in [1.807, 2.05) is 6.92 Å². The maximum atomic E-state index is 11.2. The van der Waals surface area contributed by atoms with Crippen LogP contribution in [-0.4, -0.2) is 22.4 Å². The van der Waals surface area contributed by atoms with E-state index in [0.29, 0.717) is 29.1 Å². The molecule has 1 unspecified atom stereocenters. The van der Waals surface area contributed by atoms with Gasteiger partial charge in [0, 0.05) is 6.42 Å². The molecule has 0 aromatic carbocycles. The van der Waals surface area contributed by atoms with Gasteiger partial charge in [0.25, 0.3) is 0 Å². The molecule has 27 heavy (non-hydrogen) atoms. The number of hydrogen-bond acceptors (Lipinski definition) is 2. The quantitative estimate of drug-likeness (QED) is 0.533. The van der Waals surface area contributed by atoms with Crippen LogP contribution in [0.4, 0.5) is 0 Å². The molecule has 0 amide bonds. The van der Waals surface area contributed by atoms with Crippen molar-refractivity contribution in [3.63, 3.8) is 0 Å². The van der Waals surface area contributed by atoms with E-state index in [0.717, 1.165) is 31.6 Å². The van der Waals surface area contributed by atoms with Gasteiger partial charge in [-0.3, -0.25) is 0 Å². The lowest BCUT2D eigenvalue weighted by Gasteiger charge is -2.59. The molecular formula is C25H38O2. The molecule has 0 bridgehead atoms. The van der Waals surface area contributed by atoms with Gasteiger partial charge < -0.3 is 10.2 Å². The maximum Gasteiger partial charge on any atom is 0.0757 e. The van der Waals surface area contributed by atoms with Crippen LogP contribution in [-0.2, 0) is 0 Å². The minimum atomic E-state index is -0.322. The van der Waals surface area contributed by atoms with Crippen molar-refractivity contribution in [3.8, 4) is 11.8 Å². The van der Waals surface area contributed by atoms with E-state index in [4.69, 9.17) is 0 Å². The van der Waals surface area contributed by atoms with Crippen LogP contribution >= 0.6 is 0 Å². The molecular weight excluding hydrogens is 332 g/mol. The van der Waals surface area contributed by atoms with Gasteiger partial charge in [0.15, 0.2) is 0 Å². The largest absolute Gasteiger partial charge is 0.393 e. The third-order valence-electron chi connectivity index (χ3n) is 9.46. The molecule has 4 aliphatic rings. The van der Waals surface area contributed by atoms with Crippen LogP contribution < -0.4 is 0 Å². The highest BCUT2D eigenvalue weighted by Crippen LogP contribution is 2.67. The van der Waals surface area contributed by atoms with Crippen molar-refractivity contribution in [1.29, 1.82) is 0 Å². The van der Waals surface area contributed by atoms with Crippen LogP contribution in [0.3, 0.4) is 0 Å². The molecule has 9 atom stereocenters. The van der Waals surface area contributed by atoms with Crippen molar-refractivity contribution in [1.82, 2.24) is 0 Å². The Bertz CT molecular complexity index is 670. The summed E-state index contributed by atoms with van der Waals surface area (Å²) in [6.07, 6.45) is 10.5. The molecule has 0 aromatic heterocycles. The lowest BCUT2D eigenvalue weighted by Crippen LogP contribution is -2.54. The van der Waals surface area contributed by atoms with Crippen LogP contribution in [0.5, 0.6) is 0 Å². The lowest BCUT2D eigenvalue weighted by molar-refractivity contribution is -0.0965. The molecule has 4 rings (SSSR count). The zero-order valence-electron chi connectivity index (χ0n) is 17.7. The molecule has 150 valence electrons. The lowest BCUT2D eigenvalue weighted by atomic mass is 9.46. The fourth-order valence-corrected chi connectivity index (χ4v) is 8.01. The van der Waals surface area contributed by atoms with Crippen LogP contribution in [0.25, 0.3) is 0 Å². The topological polar surface area (TPSA) is 40.5 Å². The minimum Gasteiger partial charge on any atom is -0.393 e. The Morgan fingerprint density at radius 3 is 2.63 bits per heavy atom. The van der Waals surface area contributed by atoms with Crippen molar-refractivity contribution >= 4 is 0 Å². The number of rotatable bonds is 2. The summed E-state index contributed by atoms with van der Waals surface area (Å²) in [5.74, 6) is 9.41. The predicted octanol–water partition coefficient (Wildman–Crippen LogP) is 4.95. The van der Waals surface area contributed by atoms with Gasteiger partial charge in [-0.2, -0.15) is 0 Å². The number of aliphatic hydroxyl groups excluding tert-OH is 2. The van der Waals surface area contributed by atoms with E-state index >= 15 is 0 Å². The SMILES string of the molecule is CC#CCC(C)[C@H]1CC[C@H]2[C@@H]3[C@H](O)C=C4C[C@@H](O)CC[C@]4(C)[C@H]3CC[C@]12C. The van der Waals surface area contributed by atoms with Gasteiger partial charge >= 0.3 is 0 Å². The Kier molecular flexibility index (Phi) is 5.01. The highest BCUT2D eigenvalue weighted by atomic mass is 16.3. The second kappa shape index (κ2) is 6.93. The Labute approximate surface area is 165 Å². The van der Waals surface area contributed by atoms with E-state index in [1.165, 1.54) is 31.3 Å². The number of fused-ring (bicyclic) bond motifs is 5. The Hall–Kier alpha value is -0.780. The summed E-state index contributed by atoms with van der Waals surface area (Å²) >= 11 is 0. The van der Waals surface area contributed by atoms with Gasteiger partial charge in [0.1, 0.15) is 0 Å². The first-order valence-electron chi connectivity index (χ1n) is 11.3. The Morgan fingerprint density at radius 1 is 1.11 bits per heavy atom. The van der Waals surface area contributed by atoms with Crippen LogP contribution in [0.15, 0.2) is 11.6 Å². The maximum absolute atomic E-state index is 11.2. The van der Waals surface area contributed by atoms with E-state index in [-0.39, 0.29) is 17.6 Å². The highest BCUT2D eigenvalue weighted by molar-refractivity contribution is 5.28. The number of aliphatic hydroxyl groups is 2. The fourth-order valence-electron chi connectivity index (χ4n) is 8.01. The normalized spacial score (nSPS) is 49.8. The zero-order chi connectivity index (χ0) is 19.4. The first-order valence-corrected chi connectivity index (χ1v) is 11.3. The predicted molar refractivity (Wildman–Crippen MR) is 110 cm³/mol. The molecule has 0 heterocycles. The molecule has 0 aromatic rings. The molecule has 0 radical (unpaired) electrons. The van der Waals surface area contributed by atoms with Crippen molar-refractivity contribution in [2.75, 3.05) is 0 Å². The summed E-state index contributed by atoms with van der Waals surface area (Å²) in [4.78, 5) is 0. The molecule has 0 saturated heterocycles. The second-order valence-corrected chi connectivity index (χ2v) is 10.6. The number of hydrogen-bond donors (Lipinski definition) is 2. The summed E-state index contributed by atoms with van der Waals surface area (Å²) in [6.45, 7) is 9.30. The smallest absolute Gasteiger partial charge is 0.0757 e. The van der Waals surface area contributed by atoms with Crippen molar-refractivity contribution in [3.05, 3.63) is 11.6 Å². The first kappa shape index (κ1) is 19.5. The van der Waals surface area contributed by atoms with Gasteiger partial charge in [-0.25, -0.2) is 0 Å². The summed E-state index contributed by atoms with van der Waals surface area (Å²) in [7, 11) is 0. The standard InChI is InChI=1S/C25H38O2/c1-5-6-7-16(2)19-8-9-20-23-21(11-13-25(19,20)4)24(3)12-10-18(26)14-17(24)15-22(23)27/h15-16,18-23,26-27H,7-14H2,1-4H3/t16?,18-,19+,20-,21-,22+,23-,24-,25+/m0/s1. The molecule has 2 heteroatoms. The van der Waals surface area contributed by atoms with Crippen LogP contribution in [0, 0.1) is 52.3 Å². The summed E-state index contributed by atoms with van der Waals surface area (Å²) in [6, 6.07) is 0. The third-order valence-corrected chi connectivity index (χ3v) is 9.46. The van der Waals surface area contributed by atoms with E-state index in [2.05, 4.69) is 38.7 Å². The van der Waals surface area contributed by atoms with Gasteiger partial charge in [-0.15, -0.1) is 11.8 Å². The van der Waals surface area contributed by atoms with Gasteiger partial charge in [0.05, 0.1) is 12.2 Å². The second-order valence-electron chi connectivity index (χ2n) is 10.6. The van der Waals surface area contributed by atoms with E-state index in [1.54, 1.807) is 0 Å². The first-order chi connectivity index (χ1) is 12.8. The highest BCUT2D eigenvalue weighted by Gasteiger charge is 2.61. The average molecular weight is 371 g/mol. The monoisotopic (exact) mass is 370 g/mol. The summed E-state index contributed by atoms with van der Waals surface area (Å²) in [5, 5.41) is 21.4. The molecule has 3 fully saturated rings. The third kappa shape index (κ3) is 2.92. The van der Waals surface area contributed by atoms with Crippen LogP contribution in [0.1, 0.15) is 79.1 Å². The van der Waals surface area contributed by atoms with Crippen molar-refractivity contribution < 1.29 is 10.2 Å². The average Bonchev–Trinajstić information content (AvgIpc) is 2.98. The molecule has 0 spiro atoms.